The van der Waals surface area contributed by atoms with Gasteiger partial charge in [0.05, 0.1) is 11.7 Å². The molecule has 0 radical (unpaired) electrons. The molecule has 1 aromatic heterocycles. The minimum absolute atomic E-state index is 0.0772. The predicted octanol–water partition coefficient (Wildman–Crippen LogP) is 1.14. The molecule has 1 unspecified atom stereocenters. The molecule has 0 bridgehead atoms. The molecule has 6 nitrogen and oxygen atoms in total. The summed E-state index contributed by atoms with van der Waals surface area (Å²) in [5.41, 5.74) is 0. The van der Waals surface area contributed by atoms with E-state index in [-0.39, 0.29) is 24.1 Å². The molecule has 1 aromatic rings. The van der Waals surface area contributed by atoms with Crippen molar-refractivity contribution in [2.75, 3.05) is 24.2 Å². The van der Waals surface area contributed by atoms with Crippen LogP contribution in [0.15, 0.2) is 11.6 Å². The maximum atomic E-state index is 12.1. The Balaban J connectivity index is 1.99. The number of hydrogen-bond donors (Lipinski definition) is 1. The number of piperidine rings is 1. The molecule has 106 valence electrons. The molecule has 1 atom stereocenters. The third-order valence-electron chi connectivity index (χ3n) is 3.18. The van der Waals surface area contributed by atoms with E-state index in [1.165, 1.54) is 15.6 Å². The lowest BCUT2D eigenvalue weighted by atomic mass is 9.99. The summed E-state index contributed by atoms with van der Waals surface area (Å²) in [6.45, 7) is 2.40. The number of thiazole rings is 1. The van der Waals surface area contributed by atoms with E-state index in [2.05, 4.69) is 10.3 Å². The van der Waals surface area contributed by atoms with Crippen LogP contribution in [0.3, 0.4) is 0 Å². The molecule has 1 saturated heterocycles. The molecule has 19 heavy (non-hydrogen) atoms. The van der Waals surface area contributed by atoms with Gasteiger partial charge in [0.25, 0.3) is 0 Å². The van der Waals surface area contributed by atoms with E-state index >= 15 is 0 Å². The maximum absolute atomic E-state index is 12.1. The average Bonchev–Trinajstić information content (AvgIpc) is 2.91. The summed E-state index contributed by atoms with van der Waals surface area (Å²) in [5, 5.41) is 5.07. The van der Waals surface area contributed by atoms with Crippen molar-refractivity contribution in [3.05, 3.63) is 11.6 Å². The molecule has 1 N–H and O–H groups in total. The highest BCUT2D eigenvalue weighted by molar-refractivity contribution is 7.89. The minimum atomic E-state index is -3.21. The van der Waals surface area contributed by atoms with Gasteiger partial charge in [0.2, 0.25) is 15.9 Å². The Labute approximate surface area is 116 Å². The molecule has 0 spiro atoms. The van der Waals surface area contributed by atoms with Crippen LogP contribution < -0.4 is 5.32 Å². The average molecular weight is 303 g/mol. The Kier molecular flexibility index (Phi) is 4.54. The lowest BCUT2D eigenvalue weighted by Crippen LogP contribution is -2.44. The number of carbonyl (C=O) groups is 1. The molecule has 1 aliphatic heterocycles. The second-order valence-electron chi connectivity index (χ2n) is 4.42. The highest BCUT2D eigenvalue weighted by Gasteiger charge is 2.31. The zero-order chi connectivity index (χ0) is 13.9. The number of rotatable bonds is 4. The van der Waals surface area contributed by atoms with Crippen molar-refractivity contribution in [2.24, 2.45) is 5.92 Å². The zero-order valence-corrected chi connectivity index (χ0v) is 12.3. The van der Waals surface area contributed by atoms with Gasteiger partial charge in [-0.2, -0.15) is 0 Å². The second-order valence-corrected chi connectivity index (χ2v) is 7.58. The van der Waals surface area contributed by atoms with Crippen LogP contribution in [0, 0.1) is 5.92 Å². The van der Waals surface area contributed by atoms with Crippen molar-refractivity contribution >= 4 is 32.4 Å². The summed E-state index contributed by atoms with van der Waals surface area (Å²) in [5.74, 6) is -0.363. The number of amides is 1. The zero-order valence-electron chi connectivity index (χ0n) is 10.7. The van der Waals surface area contributed by atoms with Gasteiger partial charge in [0.15, 0.2) is 5.13 Å². The van der Waals surface area contributed by atoms with Gasteiger partial charge < -0.3 is 5.32 Å². The summed E-state index contributed by atoms with van der Waals surface area (Å²) in [6, 6.07) is 0. The van der Waals surface area contributed by atoms with Crippen molar-refractivity contribution < 1.29 is 13.2 Å². The van der Waals surface area contributed by atoms with Crippen molar-refractivity contribution in [1.82, 2.24) is 9.29 Å². The van der Waals surface area contributed by atoms with Gasteiger partial charge in [-0.05, 0) is 19.8 Å². The molecule has 2 rings (SSSR count). The van der Waals surface area contributed by atoms with Gasteiger partial charge in [-0.3, -0.25) is 4.79 Å². The van der Waals surface area contributed by atoms with Crippen LogP contribution in [0.2, 0.25) is 0 Å². The largest absolute Gasteiger partial charge is 0.302 e. The lowest BCUT2D eigenvalue weighted by Gasteiger charge is -2.30. The summed E-state index contributed by atoms with van der Waals surface area (Å²) in [6.07, 6.45) is 3.05. The number of anilines is 1. The van der Waals surface area contributed by atoms with E-state index in [9.17, 15) is 13.2 Å². The number of nitrogens with zero attached hydrogens (tertiary/aromatic N) is 2. The van der Waals surface area contributed by atoms with E-state index in [0.717, 1.165) is 6.42 Å². The number of carbonyl (C=O) groups excluding carboxylic acids is 1. The van der Waals surface area contributed by atoms with E-state index in [0.29, 0.717) is 18.1 Å². The van der Waals surface area contributed by atoms with Gasteiger partial charge in [-0.1, -0.05) is 0 Å². The number of sulfonamides is 1. The third-order valence-corrected chi connectivity index (χ3v) is 5.71. The van der Waals surface area contributed by atoms with Gasteiger partial charge >= 0.3 is 0 Å². The number of aromatic nitrogens is 1. The monoisotopic (exact) mass is 303 g/mol. The van der Waals surface area contributed by atoms with E-state index in [1.807, 2.05) is 0 Å². The first-order valence-corrected chi connectivity index (χ1v) is 8.70. The lowest BCUT2D eigenvalue weighted by molar-refractivity contribution is -0.120. The first kappa shape index (κ1) is 14.4. The van der Waals surface area contributed by atoms with Crippen LogP contribution in [0.1, 0.15) is 19.8 Å². The molecular weight excluding hydrogens is 286 g/mol. The summed E-state index contributed by atoms with van der Waals surface area (Å²) in [4.78, 5) is 16.1. The predicted molar refractivity (Wildman–Crippen MR) is 74.5 cm³/mol. The van der Waals surface area contributed by atoms with E-state index in [4.69, 9.17) is 0 Å². The Hall–Kier alpha value is -0.990. The summed E-state index contributed by atoms with van der Waals surface area (Å²) < 4.78 is 25.1. The topological polar surface area (TPSA) is 79.4 Å². The van der Waals surface area contributed by atoms with Crippen LogP contribution in [-0.2, 0) is 14.8 Å². The quantitative estimate of drug-likeness (QED) is 0.904. The molecule has 0 saturated carbocycles. The van der Waals surface area contributed by atoms with Crippen LogP contribution in [0.5, 0.6) is 0 Å². The minimum Gasteiger partial charge on any atom is -0.302 e. The molecule has 0 aliphatic carbocycles. The van der Waals surface area contributed by atoms with Gasteiger partial charge in [0.1, 0.15) is 0 Å². The Morgan fingerprint density at radius 1 is 1.63 bits per heavy atom. The SMILES string of the molecule is CCS(=O)(=O)N1CCCC(C(=O)Nc2nccs2)C1. The van der Waals surface area contributed by atoms with Crippen LogP contribution in [-0.4, -0.2) is 42.5 Å². The van der Waals surface area contributed by atoms with Gasteiger partial charge in [-0.25, -0.2) is 17.7 Å². The summed E-state index contributed by atoms with van der Waals surface area (Å²) >= 11 is 1.35. The van der Waals surface area contributed by atoms with Crippen LogP contribution in [0.4, 0.5) is 5.13 Å². The van der Waals surface area contributed by atoms with Crippen LogP contribution in [0.25, 0.3) is 0 Å². The molecular formula is C11H17N3O3S2. The normalized spacial score (nSPS) is 21.2. The molecule has 1 fully saturated rings. The maximum Gasteiger partial charge on any atom is 0.230 e. The Bertz CT molecular complexity index is 527. The van der Waals surface area contributed by atoms with Crippen LogP contribution >= 0.6 is 11.3 Å². The highest BCUT2D eigenvalue weighted by Crippen LogP contribution is 2.21. The third kappa shape index (κ3) is 3.52. The van der Waals surface area contributed by atoms with Crippen molar-refractivity contribution in [3.63, 3.8) is 0 Å². The molecule has 0 aromatic carbocycles. The molecule has 2 heterocycles. The van der Waals surface area contributed by atoms with Gasteiger partial charge in [-0.15, -0.1) is 11.3 Å². The van der Waals surface area contributed by atoms with Gasteiger partial charge in [0, 0.05) is 24.7 Å². The van der Waals surface area contributed by atoms with Crippen molar-refractivity contribution in [3.8, 4) is 0 Å². The van der Waals surface area contributed by atoms with E-state index < -0.39 is 10.0 Å². The Morgan fingerprint density at radius 3 is 3.05 bits per heavy atom. The smallest absolute Gasteiger partial charge is 0.230 e. The fraction of sp³-hybridized carbons (Fsp3) is 0.636. The first-order valence-electron chi connectivity index (χ1n) is 6.21. The summed E-state index contributed by atoms with van der Waals surface area (Å²) in [7, 11) is -3.21. The van der Waals surface area contributed by atoms with Crippen molar-refractivity contribution in [2.45, 2.75) is 19.8 Å². The fourth-order valence-corrected chi connectivity index (χ4v) is 3.80. The Morgan fingerprint density at radius 2 is 2.42 bits per heavy atom. The second kappa shape index (κ2) is 5.98. The van der Waals surface area contributed by atoms with Crippen molar-refractivity contribution in [1.29, 1.82) is 0 Å². The first-order chi connectivity index (χ1) is 9.03. The molecule has 1 aliphatic rings. The highest BCUT2D eigenvalue weighted by atomic mass is 32.2. The molecule has 8 heteroatoms. The van der Waals surface area contributed by atoms with E-state index in [1.54, 1.807) is 18.5 Å². The standard InChI is InChI=1S/C11H17N3O3S2/c1-2-19(16,17)14-6-3-4-9(8-14)10(15)13-11-12-5-7-18-11/h5,7,9H,2-4,6,8H2,1H3,(H,12,13,15). The fourth-order valence-electron chi connectivity index (χ4n) is 2.08. The number of hydrogen-bond acceptors (Lipinski definition) is 5. The molecule has 1 amide bonds. The number of nitrogens with one attached hydrogen (secondary N) is 1.